The van der Waals surface area contributed by atoms with E-state index in [9.17, 15) is 13.2 Å². The number of sulfone groups is 1. The molecule has 0 bridgehead atoms. The number of aromatic nitrogens is 1. The van der Waals surface area contributed by atoms with Gasteiger partial charge in [0.2, 0.25) is 0 Å². The molecule has 0 aliphatic carbocycles. The number of rotatable bonds is 7. The van der Waals surface area contributed by atoms with Gasteiger partial charge >= 0.3 is 0 Å². The van der Waals surface area contributed by atoms with Crippen LogP contribution in [0.3, 0.4) is 0 Å². The van der Waals surface area contributed by atoms with Crippen molar-refractivity contribution in [1.29, 1.82) is 0 Å². The third-order valence-corrected chi connectivity index (χ3v) is 7.15. The Hall–Kier alpha value is -2.99. The summed E-state index contributed by atoms with van der Waals surface area (Å²) in [6, 6.07) is 17.5. The normalized spacial score (nSPS) is 12.5. The first-order valence-corrected chi connectivity index (χ1v) is 11.4. The van der Waals surface area contributed by atoms with E-state index in [0.717, 1.165) is 11.1 Å². The number of hydrogen-bond donors (Lipinski definition) is 1. The predicted octanol–water partition coefficient (Wildman–Crippen LogP) is 4.46. The van der Waals surface area contributed by atoms with Crippen molar-refractivity contribution in [3.63, 3.8) is 0 Å². The minimum Gasteiger partial charge on any atom is -0.350 e. The molecule has 3 aromatic rings. The number of carbonyl (C=O) groups excluding carboxylic acids is 1. The lowest BCUT2D eigenvalue weighted by atomic mass is 10.0. The lowest BCUT2D eigenvalue weighted by Gasteiger charge is -2.19. The first kappa shape index (κ1) is 21.7. The largest absolute Gasteiger partial charge is 0.350 e. The molecular weight excluding hydrogens is 396 g/mol. The molecule has 0 aliphatic heterocycles. The molecule has 156 valence electrons. The van der Waals surface area contributed by atoms with Crippen molar-refractivity contribution >= 4 is 15.7 Å². The fourth-order valence-electron chi connectivity index (χ4n) is 3.25. The number of pyridine rings is 1. The molecule has 30 heavy (non-hydrogen) atoms. The molecule has 2 aromatic carbocycles. The maximum atomic E-state index is 13.4. The van der Waals surface area contributed by atoms with Crippen LogP contribution in [0.15, 0.2) is 78.0 Å². The van der Waals surface area contributed by atoms with Crippen LogP contribution in [0.4, 0.5) is 0 Å². The second-order valence-electron chi connectivity index (χ2n) is 7.62. The summed E-state index contributed by atoms with van der Waals surface area (Å²) in [5.74, 6) is 0.00226. The Morgan fingerprint density at radius 3 is 2.33 bits per heavy atom. The van der Waals surface area contributed by atoms with Crippen LogP contribution in [0.5, 0.6) is 0 Å². The number of benzene rings is 2. The zero-order valence-corrected chi connectivity index (χ0v) is 18.2. The summed E-state index contributed by atoms with van der Waals surface area (Å²) >= 11 is 0. The summed E-state index contributed by atoms with van der Waals surface area (Å²) in [5, 5.41) is 1.84. The topological polar surface area (TPSA) is 76.1 Å². The first-order chi connectivity index (χ1) is 14.3. The third-order valence-electron chi connectivity index (χ3n) is 5.03. The average Bonchev–Trinajstić information content (AvgIpc) is 2.74. The Morgan fingerprint density at radius 2 is 1.73 bits per heavy atom. The van der Waals surface area contributed by atoms with E-state index in [1.807, 2.05) is 25.1 Å². The summed E-state index contributed by atoms with van der Waals surface area (Å²) < 4.78 is 26.9. The number of nitrogens with one attached hydrogen (secondary N) is 1. The van der Waals surface area contributed by atoms with Gasteiger partial charge in [-0.25, -0.2) is 8.42 Å². The average molecular weight is 423 g/mol. The monoisotopic (exact) mass is 422 g/mol. The molecule has 6 heteroatoms. The fourth-order valence-corrected chi connectivity index (χ4v) is 4.90. The molecule has 0 saturated heterocycles. The molecule has 1 atom stereocenters. The van der Waals surface area contributed by atoms with Crippen molar-refractivity contribution in [1.82, 2.24) is 10.3 Å². The lowest BCUT2D eigenvalue weighted by molar-refractivity contribution is 0.0953. The van der Waals surface area contributed by atoms with E-state index in [2.05, 4.69) is 24.1 Å². The van der Waals surface area contributed by atoms with Gasteiger partial charge in [0.15, 0.2) is 9.84 Å². The van der Waals surface area contributed by atoms with E-state index in [1.165, 1.54) is 6.20 Å². The van der Waals surface area contributed by atoms with E-state index < -0.39 is 15.1 Å². The second kappa shape index (κ2) is 9.22. The van der Waals surface area contributed by atoms with E-state index in [0.29, 0.717) is 17.0 Å². The quantitative estimate of drug-likeness (QED) is 0.610. The molecule has 1 heterocycles. The molecule has 5 nitrogen and oxygen atoms in total. The molecule has 0 radical (unpaired) electrons. The Bertz CT molecular complexity index is 1110. The summed E-state index contributed by atoms with van der Waals surface area (Å²) in [4.78, 5) is 16.9. The van der Waals surface area contributed by atoms with Crippen molar-refractivity contribution in [3.05, 3.63) is 95.3 Å². The molecule has 0 saturated carbocycles. The Balaban J connectivity index is 1.90. The molecule has 1 aromatic heterocycles. The number of aryl methyl sites for hydroxylation is 1. The van der Waals surface area contributed by atoms with Crippen LogP contribution >= 0.6 is 0 Å². The third kappa shape index (κ3) is 4.94. The van der Waals surface area contributed by atoms with Gasteiger partial charge in [0.25, 0.3) is 5.91 Å². The van der Waals surface area contributed by atoms with Crippen LogP contribution in [-0.4, -0.2) is 25.9 Å². The highest BCUT2D eigenvalue weighted by molar-refractivity contribution is 7.91. The molecule has 1 amide bonds. The van der Waals surface area contributed by atoms with Crippen molar-refractivity contribution in [2.75, 3.05) is 6.54 Å². The van der Waals surface area contributed by atoms with Gasteiger partial charge in [-0.2, -0.15) is 0 Å². The van der Waals surface area contributed by atoms with Crippen molar-refractivity contribution in [2.45, 2.75) is 36.8 Å². The molecule has 0 fully saturated rings. The van der Waals surface area contributed by atoms with Crippen molar-refractivity contribution in [3.8, 4) is 0 Å². The Kier molecular flexibility index (Phi) is 6.67. The maximum absolute atomic E-state index is 13.4. The summed E-state index contributed by atoms with van der Waals surface area (Å²) in [6.45, 7) is 5.97. The van der Waals surface area contributed by atoms with Crippen LogP contribution < -0.4 is 5.32 Å². The van der Waals surface area contributed by atoms with Crippen molar-refractivity contribution in [2.24, 2.45) is 0 Å². The van der Waals surface area contributed by atoms with Gasteiger partial charge in [0, 0.05) is 24.5 Å². The van der Waals surface area contributed by atoms with Crippen LogP contribution in [0.1, 0.15) is 52.1 Å². The van der Waals surface area contributed by atoms with E-state index >= 15 is 0 Å². The lowest BCUT2D eigenvalue weighted by Crippen LogP contribution is -2.32. The number of carbonyl (C=O) groups is 1. The van der Waals surface area contributed by atoms with Crippen LogP contribution in [0, 0.1) is 6.92 Å². The van der Waals surface area contributed by atoms with Gasteiger partial charge in [-0.1, -0.05) is 49.7 Å². The molecular formula is C24H26N2O3S. The summed E-state index contributed by atoms with van der Waals surface area (Å²) in [7, 11) is -3.74. The maximum Gasteiger partial charge on any atom is 0.251 e. The highest BCUT2D eigenvalue weighted by Crippen LogP contribution is 2.29. The standard InChI is InChI=1S/C24H26N2O3S/c1-17(2)19-9-11-22(12-10-19)30(28,29)23(21-8-5-13-25-15-21)16-26-24(27)20-7-4-6-18(3)14-20/h4-15,17,23H,16H2,1-3H3,(H,26,27)/t23-/m1/s1. The van der Waals surface area contributed by atoms with Gasteiger partial charge in [0.1, 0.15) is 5.25 Å². The molecule has 3 rings (SSSR count). The fraction of sp³-hybridized carbons (Fsp3) is 0.250. The van der Waals surface area contributed by atoms with Crippen LogP contribution in [0.25, 0.3) is 0 Å². The van der Waals surface area contributed by atoms with Crippen LogP contribution in [-0.2, 0) is 9.84 Å². The van der Waals surface area contributed by atoms with Gasteiger partial charge in [0.05, 0.1) is 4.90 Å². The highest BCUT2D eigenvalue weighted by atomic mass is 32.2. The zero-order valence-electron chi connectivity index (χ0n) is 17.4. The molecule has 0 aliphatic rings. The second-order valence-corrected chi connectivity index (χ2v) is 9.75. The predicted molar refractivity (Wildman–Crippen MR) is 118 cm³/mol. The minimum absolute atomic E-state index is 0.0489. The SMILES string of the molecule is Cc1cccc(C(=O)NC[C@H](c2cccnc2)S(=O)(=O)c2ccc(C(C)C)cc2)c1. The van der Waals surface area contributed by atoms with Crippen LogP contribution in [0.2, 0.25) is 0 Å². The van der Waals surface area contributed by atoms with Gasteiger partial charge < -0.3 is 5.32 Å². The smallest absolute Gasteiger partial charge is 0.251 e. The Morgan fingerprint density at radius 1 is 1.00 bits per heavy atom. The van der Waals surface area contributed by atoms with E-state index in [1.54, 1.807) is 48.7 Å². The molecule has 0 spiro atoms. The number of amides is 1. The zero-order chi connectivity index (χ0) is 21.7. The highest BCUT2D eigenvalue weighted by Gasteiger charge is 2.30. The van der Waals surface area contributed by atoms with E-state index in [4.69, 9.17) is 0 Å². The minimum atomic E-state index is -3.74. The molecule has 0 unspecified atom stereocenters. The van der Waals surface area contributed by atoms with Crippen molar-refractivity contribution < 1.29 is 13.2 Å². The van der Waals surface area contributed by atoms with Gasteiger partial charge in [-0.3, -0.25) is 9.78 Å². The van der Waals surface area contributed by atoms with Gasteiger partial charge in [-0.15, -0.1) is 0 Å². The van der Waals surface area contributed by atoms with Gasteiger partial charge in [-0.05, 0) is 54.3 Å². The summed E-state index contributed by atoms with van der Waals surface area (Å²) in [6.07, 6.45) is 3.12. The Labute approximate surface area is 178 Å². The van der Waals surface area contributed by atoms with E-state index in [-0.39, 0.29) is 17.3 Å². The number of hydrogen-bond acceptors (Lipinski definition) is 4. The molecule has 1 N–H and O–H groups in total. The number of nitrogens with zero attached hydrogens (tertiary/aromatic N) is 1. The summed E-state index contributed by atoms with van der Waals surface area (Å²) in [5.41, 5.74) is 3.07. The first-order valence-electron chi connectivity index (χ1n) is 9.87.